The molecule has 0 aliphatic carbocycles. The maximum absolute atomic E-state index is 13.2. The smallest absolute Gasteiger partial charge is 0.419 e. The number of nitrogens with zero attached hydrogens (tertiary/aromatic N) is 3. The molecule has 0 amide bonds. The van der Waals surface area contributed by atoms with Gasteiger partial charge in [-0.2, -0.15) is 13.2 Å². The molecule has 8 heteroatoms. The van der Waals surface area contributed by atoms with Gasteiger partial charge in [0.1, 0.15) is 12.1 Å². The Bertz CT molecular complexity index is 690. The maximum atomic E-state index is 13.2. The normalized spacial score (nSPS) is 15.5. The summed E-state index contributed by atoms with van der Waals surface area (Å²) < 4.78 is 57.5. The molecule has 22 heavy (non-hydrogen) atoms. The fraction of sp³-hybridized carbons (Fsp3) is 0.286. The van der Waals surface area contributed by atoms with E-state index in [4.69, 9.17) is 4.74 Å². The first-order valence-electron chi connectivity index (χ1n) is 6.52. The molecule has 1 aromatic carbocycles. The van der Waals surface area contributed by atoms with Gasteiger partial charge in [0.25, 0.3) is 0 Å². The number of ether oxygens (including phenoxy) is 1. The molecule has 0 spiro atoms. The highest BCUT2D eigenvalue weighted by Crippen LogP contribution is 2.38. The van der Waals surface area contributed by atoms with E-state index in [9.17, 15) is 17.7 Å². The Morgan fingerprint density at radius 1 is 1.14 bits per heavy atom. The van der Waals surface area contributed by atoms with Crippen LogP contribution in [0.3, 0.4) is 0 Å². The Morgan fingerprint density at radius 2 is 1.91 bits per heavy atom. The van der Waals surface area contributed by atoms with E-state index in [2.05, 4.69) is 9.97 Å². The zero-order chi connectivity index (χ0) is 15.7. The summed E-state index contributed by atoms with van der Waals surface area (Å²) in [5.41, 5.74) is 0.0712. The van der Waals surface area contributed by atoms with E-state index in [1.807, 2.05) is 0 Å². The molecular formula is C14H11F4N3O. The average Bonchev–Trinajstić information content (AvgIpc) is 2.46. The summed E-state index contributed by atoms with van der Waals surface area (Å²) in [4.78, 5) is 7.84. The predicted molar refractivity (Wildman–Crippen MR) is 68.8 cm³/mol. The Labute approximate surface area is 123 Å². The summed E-state index contributed by atoms with van der Waals surface area (Å²) >= 11 is 0. The molecule has 0 fully saturated rings. The third kappa shape index (κ3) is 2.87. The van der Waals surface area contributed by atoms with Crippen molar-refractivity contribution in [1.82, 2.24) is 15.1 Å². The maximum Gasteiger partial charge on any atom is 0.419 e. The van der Waals surface area contributed by atoms with Crippen LogP contribution in [0.15, 0.2) is 30.6 Å². The monoisotopic (exact) mass is 313 g/mol. The molecule has 0 unspecified atom stereocenters. The van der Waals surface area contributed by atoms with Gasteiger partial charge < -0.3 is 4.74 Å². The van der Waals surface area contributed by atoms with Crippen LogP contribution in [0.4, 0.5) is 17.7 Å². The van der Waals surface area contributed by atoms with Crippen molar-refractivity contribution in [2.75, 3.05) is 6.54 Å². The fourth-order valence-electron chi connectivity index (χ4n) is 2.27. The van der Waals surface area contributed by atoms with Crippen molar-refractivity contribution in [3.05, 3.63) is 47.4 Å². The van der Waals surface area contributed by atoms with Crippen LogP contribution in [0.25, 0.3) is 0 Å². The largest absolute Gasteiger partial charge is 0.438 e. The Morgan fingerprint density at radius 3 is 2.68 bits per heavy atom. The third-order valence-corrected chi connectivity index (χ3v) is 3.32. The molecule has 116 valence electrons. The van der Waals surface area contributed by atoms with Crippen LogP contribution in [0.5, 0.6) is 11.6 Å². The molecular weight excluding hydrogens is 302 g/mol. The molecule has 4 nitrogen and oxygen atoms in total. The van der Waals surface area contributed by atoms with E-state index in [0.29, 0.717) is 16.4 Å². The summed E-state index contributed by atoms with van der Waals surface area (Å²) in [5.74, 6) is -0.298. The lowest BCUT2D eigenvalue weighted by Gasteiger charge is -2.22. The van der Waals surface area contributed by atoms with Gasteiger partial charge in [-0.1, -0.05) is 12.1 Å². The van der Waals surface area contributed by atoms with E-state index in [1.165, 1.54) is 18.2 Å². The van der Waals surface area contributed by atoms with Gasteiger partial charge >= 0.3 is 6.18 Å². The van der Waals surface area contributed by atoms with Crippen LogP contribution in [-0.4, -0.2) is 21.6 Å². The van der Waals surface area contributed by atoms with Crippen LogP contribution in [0.1, 0.15) is 16.8 Å². The first-order valence-corrected chi connectivity index (χ1v) is 6.52. The molecule has 0 N–H and O–H groups in total. The SMILES string of the molecule is FN1CCc2c(ncnc2Oc2ccccc2C(F)(F)F)C1. The van der Waals surface area contributed by atoms with Gasteiger partial charge in [-0.05, 0) is 18.6 Å². The molecule has 0 saturated heterocycles. The molecule has 0 radical (unpaired) electrons. The van der Waals surface area contributed by atoms with Crippen molar-refractivity contribution in [2.45, 2.75) is 19.1 Å². The number of rotatable bonds is 2. The number of fused-ring (bicyclic) bond motifs is 1. The predicted octanol–water partition coefficient (Wildman–Crippen LogP) is 3.53. The summed E-state index contributed by atoms with van der Waals surface area (Å²) in [7, 11) is 0. The molecule has 1 aliphatic rings. The quantitative estimate of drug-likeness (QED) is 0.628. The van der Waals surface area contributed by atoms with Gasteiger partial charge in [0.05, 0.1) is 17.8 Å². The number of para-hydroxylation sites is 1. The standard InChI is InChI=1S/C14H11F4N3O/c15-14(16,17)10-3-1-2-4-12(10)22-13-9-5-6-21(18)7-11(9)19-8-20-13/h1-4,8H,5-7H2. The van der Waals surface area contributed by atoms with Gasteiger partial charge in [0, 0.05) is 12.1 Å². The number of aromatic nitrogens is 2. The molecule has 2 aromatic rings. The van der Waals surface area contributed by atoms with E-state index >= 15 is 0 Å². The van der Waals surface area contributed by atoms with Gasteiger partial charge in [0.2, 0.25) is 5.88 Å². The number of alkyl halides is 3. The van der Waals surface area contributed by atoms with E-state index in [-0.39, 0.29) is 31.1 Å². The second kappa shape index (κ2) is 5.53. The molecule has 2 heterocycles. The zero-order valence-corrected chi connectivity index (χ0v) is 11.3. The molecule has 1 aromatic heterocycles. The summed E-state index contributed by atoms with van der Waals surface area (Å²) in [6, 6.07) is 4.89. The second-order valence-electron chi connectivity index (χ2n) is 4.79. The van der Waals surface area contributed by atoms with Crippen LogP contribution in [0, 0.1) is 0 Å². The van der Waals surface area contributed by atoms with E-state index < -0.39 is 11.7 Å². The van der Waals surface area contributed by atoms with Gasteiger partial charge in [-0.25, -0.2) is 9.97 Å². The Kier molecular flexibility index (Phi) is 3.69. The number of benzene rings is 1. The van der Waals surface area contributed by atoms with Crippen LogP contribution < -0.4 is 4.74 Å². The van der Waals surface area contributed by atoms with Crippen molar-refractivity contribution < 1.29 is 22.4 Å². The van der Waals surface area contributed by atoms with E-state index in [0.717, 1.165) is 12.4 Å². The molecule has 0 atom stereocenters. The first-order chi connectivity index (χ1) is 10.4. The van der Waals surface area contributed by atoms with Crippen molar-refractivity contribution >= 4 is 0 Å². The minimum absolute atomic E-state index is 0.0326. The molecule has 1 aliphatic heterocycles. The van der Waals surface area contributed by atoms with Crippen molar-refractivity contribution in [3.63, 3.8) is 0 Å². The number of hydrogen-bond donors (Lipinski definition) is 0. The van der Waals surface area contributed by atoms with Gasteiger partial charge in [-0.3, -0.25) is 0 Å². The van der Waals surface area contributed by atoms with Crippen molar-refractivity contribution in [1.29, 1.82) is 0 Å². The second-order valence-corrected chi connectivity index (χ2v) is 4.79. The lowest BCUT2D eigenvalue weighted by molar-refractivity contribution is -0.138. The van der Waals surface area contributed by atoms with E-state index in [1.54, 1.807) is 0 Å². The molecule has 3 rings (SSSR count). The van der Waals surface area contributed by atoms with Crippen LogP contribution in [-0.2, 0) is 19.1 Å². The minimum Gasteiger partial charge on any atom is -0.438 e. The Balaban J connectivity index is 1.97. The highest BCUT2D eigenvalue weighted by atomic mass is 19.4. The summed E-state index contributed by atoms with van der Waals surface area (Å²) in [5, 5.41) is 0.586. The highest BCUT2D eigenvalue weighted by molar-refractivity contribution is 5.41. The molecule has 0 bridgehead atoms. The zero-order valence-electron chi connectivity index (χ0n) is 11.3. The lowest BCUT2D eigenvalue weighted by Crippen LogP contribution is -2.25. The number of halogens is 4. The first kappa shape index (κ1) is 14.7. The van der Waals surface area contributed by atoms with Crippen LogP contribution in [0.2, 0.25) is 0 Å². The average molecular weight is 313 g/mol. The van der Waals surface area contributed by atoms with Crippen molar-refractivity contribution in [2.24, 2.45) is 0 Å². The number of hydrogen-bond acceptors (Lipinski definition) is 4. The Hall–Kier alpha value is -2.22. The fourth-order valence-corrected chi connectivity index (χ4v) is 2.27. The van der Waals surface area contributed by atoms with Gasteiger partial charge in [0.15, 0.2) is 0 Å². The lowest BCUT2D eigenvalue weighted by atomic mass is 10.1. The van der Waals surface area contributed by atoms with Crippen LogP contribution >= 0.6 is 0 Å². The third-order valence-electron chi connectivity index (χ3n) is 3.32. The topological polar surface area (TPSA) is 38.2 Å². The van der Waals surface area contributed by atoms with Crippen molar-refractivity contribution in [3.8, 4) is 11.6 Å². The van der Waals surface area contributed by atoms with Gasteiger partial charge in [-0.15, -0.1) is 9.60 Å². The molecule has 0 saturated carbocycles. The highest BCUT2D eigenvalue weighted by Gasteiger charge is 2.34. The summed E-state index contributed by atoms with van der Waals surface area (Å²) in [6.07, 6.45) is -3.10. The minimum atomic E-state index is -4.53. The summed E-state index contributed by atoms with van der Waals surface area (Å²) in [6.45, 7) is 0.0901.